The van der Waals surface area contributed by atoms with E-state index in [0.717, 1.165) is 95.8 Å². The van der Waals surface area contributed by atoms with Crippen LogP contribution in [0.15, 0.2) is 0 Å². The van der Waals surface area contributed by atoms with Crippen LogP contribution in [0.25, 0.3) is 0 Å². The number of hydrogen-bond acceptors (Lipinski definition) is 15. The number of rotatable bonds is 73. The minimum Gasteiger partial charge on any atom is -0.462 e. The van der Waals surface area contributed by atoms with Crippen molar-refractivity contribution >= 4 is 39.5 Å². The first kappa shape index (κ1) is 90.1. The van der Waals surface area contributed by atoms with E-state index >= 15 is 0 Å². The molecule has 0 amide bonds. The summed E-state index contributed by atoms with van der Waals surface area (Å²) >= 11 is 0. The predicted octanol–water partition coefficient (Wildman–Crippen LogP) is 21.3. The molecule has 0 spiro atoms. The van der Waals surface area contributed by atoms with E-state index in [2.05, 4.69) is 34.6 Å². The number of unbranched alkanes of at least 4 members (excludes halogenated alkanes) is 45. The van der Waals surface area contributed by atoms with E-state index in [1.807, 2.05) is 0 Å². The summed E-state index contributed by atoms with van der Waals surface area (Å²) in [6, 6.07) is 0. The molecule has 17 nitrogen and oxygen atoms in total. The Morgan fingerprint density at radius 1 is 0.293 bits per heavy atom. The fraction of sp³-hybridized carbons (Fsp3) is 0.945. The summed E-state index contributed by atoms with van der Waals surface area (Å²) in [5, 5.41) is 10.6. The van der Waals surface area contributed by atoms with Crippen molar-refractivity contribution in [2.24, 2.45) is 5.92 Å². The first-order valence-corrected chi connectivity index (χ1v) is 41.1. The van der Waals surface area contributed by atoms with Crippen molar-refractivity contribution in [1.82, 2.24) is 0 Å². The van der Waals surface area contributed by atoms with Crippen LogP contribution in [-0.4, -0.2) is 96.7 Å². The van der Waals surface area contributed by atoms with Gasteiger partial charge in [-0.1, -0.05) is 330 Å². The van der Waals surface area contributed by atoms with Gasteiger partial charge in [0, 0.05) is 25.7 Å². The Kier molecular flexibility index (Phi) is 64.9. The largest absolute Gasteiger partial charge is 0.472 e. The molecule has 0 saturated carbocycles. The smallest absolute Gasteiger partial charge is 0.462 e. The first-order chi connectivity index (χ1) is 44.5. The Hall–Kier alpha value is -1.94. The summed E-state index contributed by atoms with van der Waals surface area (Å²) in [6.07, 6.45) is 54.1. The summed E-state index contributed by atoms with van der Waals surface area (Å²) in [5.74, 6) is -1.36. The highest BCUT2D eigenvalue weighted by molar-refractivity contribution is 7.47. The van der Waals surface area contributed by atoms with Gasteiger partial charge < -0.3 is 33.8 Å². The van der Waals surface area contributed by atoms with Gasteiger partial charge in [0.25, 0.3) is 0 Å². The minimum absolute atomic E-state index is 0.107. The number of esters is 4. The first-order valence-electron chi connectivity index (χ1n) is 38.1. The average molecular weight is 1350 g/mol. The second kappa shape index (κ2) is 66.3. The summed E-state index contributed by atoms with van der Waals surface area (Å²) < 4.78 is 68.4. The molecule has 92 heavy (non-hydrogen) atoms. The SMILES string of the molecule is CCCCCCCCCCCCCCCCCCCCCC(=O)O[C@H](COC(=O)CCCCCCCCCCCCC(C)C)COP(=O)(O)OC[C@@H](O)COP(=O)(O)OC[C@@H](COC(=O)CCCCCCCCCCCC)OC(=O)CCCCCCCCCCCC. The van der Waals surface area contributed by atoms with Crippen LogP contribution >= 0.6 is 15.6 Å². The fourth-order valence-corrected chi connectivity index (χ4v) is 12.8. The van der Waals surface area contributed by atoms with Gasteiger partial charge in [-0.15, -0.1) is 0 Å². The van der Waals surface area contributed by atoms with E-state index in [4.69, 9.17) is 37.0 Å². The predicted molar refractivity (Wildman–Crippen MR) is 372 cm³/mol. The number of phosphoric ester groups is 2. The second-order valence-electron chi connectivity index (χ2n) is 26.8. The zero-order valence-electron chi connectivity index (χ0n) is 59.7. The third-order valence-corrected chi connectivity index (χ3v) is 18.9. The zero-order chi connectivity index (χ0) is 67.7. The third kappa shape index (κ3) is 66.7. The number of phosphoric acid groups is 2. The molecule has 0 aromatic heterocycles. The summed E-state index contributed by atoms with van der Waals surface area (Å²) in [7, 11) is -9.90. The molecule has 19 heteroatoms. The van der Waals surface area contributed by atoms with Crippen molar-refractivity contribution in [3.63, 3.8) is 0 Å². The van der Waals surface area contributed by atoms with Crippen LogP contribution in [0.3, 0.4) is 0 Å². The van der Waals surface area contributed by atoms with Crippen molar-refractivity contribution in [1.29, 1.82) is 0 Å². The number of carbonyl (C=O) groups excluding carboxylic acids is 4. The van der Waals surface area contributed by atoms with Crippen molar-refractivity contribution in [3.8, 4) is 0 Å². The lowest BCUT2D eigenvalue weighted by Gasteiger charge is -2.21. The molecule has 0 aliphatic rings. The topological polar surface area (TPSA) is 237 Å². The lowest BCUT2D eigenvalue weighted by Crippen LogP contribution is -2.30. The van der Waals surface area contributed by atoms with Gasteiger partial charge in [-0.05, 0) is 31.6 Å². The van der Waals surface area contributed by atoms with Crippen LogP contribution in [0.5, 0.6) is 0 Å². The quantitative estimate of drug-likeness (QED) is 0.0222. The zero-order valence-corrected chi connectivity index (χ0v) is 61.5. The molecule has 0 aromatic carbocycles. The molecule has 5 atom stereocenters. The van der Waals surface area contributed by atoms with Crippen molar-refractivity contribution < 1.29 is 80.2 Å². The van der Waals surface area contributed by atoms with Gasteiger partial charge in [0.15, 0.2) is 12.2 Å². The van der Waals surface area contributed by atoms with E-state index in [-0.39, 0.29) is 25.7 Å². The molecule has 0 heterocycles. The van der Waals surface area contributed by atoms with Crippen LogP contribution < -0.4 is 0 Å². The molecule has 0 aliphatic carbocycles. The van der Waals surface area contributed by atoms with Gasteiger partial charge >= 0.3 is 39.5 Å². The number of ether oxygens (including phenoxy) is 4. The lowest BCUT2D eigenvalue weighted by molar-refractivity contribution is -0.161. The van der Waals surface area contributed by atoms with E-state index in [9.17, 15) is 43.2 Å². The van der Waals surface area contributed by atoms with Crippen LogP contribution in [-0.2, 0) is 65.4 Å². The van der Waals surface area contributed by atoms with Crippen LogP contribution in [0.2, 0.25) is 0 Å². The molecule has 0 bridgehead atoms. The Labute approximate surface area is 562 Å². The normalized spacial score (nSPS) is 14.0. The highest BCUT2D eigenvalue weighted by Gasteiger charge is 2.30. The van der Waals surface area contributed by atoms with Crippen molar-refractivity contribution in [2.75, 3.05) is 39.6 Å². The maximum Gasteiger partial charge on any atom is 0.472 e. The molecule has 0 rings (SSSR count). The molecule has 0 radical (unpaired) electrons. The Morgan fingerprint density at radius 3 is 0.739 bits per heavy atom. The highest BCUT2D eigenvalue weighted by Crippen LogP contribution is 2.45. The fourth-order valence-electron chi connectivity index (χ4n) is 11.2. The van der Waals surface area contributed by atoms with Gasteiger partial charge in [0.2, 0.25) is 0 Å². The summed E-state index contributed by atoms with van der Waals surface area (Å²) in [5.41, 5.74) is 0. The Bertz CT molecular complexity index is 1770. The van der Waals surface area contributed by atoms with Crippen LogP contribution in [0, 0.1) is 5.92 Å². The molecule has 0 fully saturated rings. The number of hydrogen-bond donors (Lipinski definition) is 3. The maximum absolute atomic E-state index is 13.1. The van der Waals surface area contributed by atoms with Gasteiger partial charge in [-0.25, -0.2) is 9.13 Å². The Balaban J connectivity index is 5.20. The van der Waals surface area contributed by atoms with Crippen molar-refractivity contribution in [3.05, 3.63) is 0 Å². The molecule has 3 N–H and O–H groups in total. The van der Waals surface area contributed by atoms with Crippen LogP contribution in [0.1, 0.15) is 381 Å². The molecule has 0 aromatic rings. The third-order valence-electron chi connectivity index (χ3n) is 17.0. The summed E-state index contributed by atoms with van der Waals surface area (Å²) in [4.78, 5) is 72.6. The van der Waals surface area contributed by atoms with Gasteiger partial charge in [0.05, 0.1) is 26.4 Å². The number of aliphatic hydroxyl groups is 1. The monoisotopic (exact) mass is 1350 g/mol. The molecular weight excluding hydrogens is 1210 g/mol. The standard InChI is InChI=1S/C73H142O17P2/c1-6-9-12-15-18-21-24-25-26-27-28-29-30-31-32-39-44-49-54-59-73(78)90-69(63-84-71(76)57-52-47-42-38-34-33-35-40-45-50-55-66(4)5)65-88-92(81,82)86-61-67(74)60-85-91(79,80)87-64-68(89-72(77)58-53-48-43-37-23-20-17-14-11-8-3)62-83-70(75)56-51-46-41-36-22-19-16-13-10-7-2/h66-69,74H,6-65H2,1-5H3,(H,79,80)(H,81,82)/t67-,68+,69+/m0/s1. The maximum atomic E-state index is 13.1. The van der Waals surface area contributed by atoms with E-state index < -0.39 is 97.5 Å². The molecular formula is C73H142O17P2. The Morgan fingerprint density at radius 2 is 0.500 bits per heavy atom. The molecule has 0 saturated heterocycles. The number of aliphatic hydroxyl groups excluding tert-OH is 1. The van der Waals surface area contributed by atoms with Crippen molar-refractivity contribution in [2.45, 2.75) is 400 Å². The molecule has 2 unspecified atom stereocenters. The highest BCUT2D eigenvalue weighted by atomic mass is 31.2. The van der Waals surface area contributed by atoms with Gasteiger partial charge in [-0.3, -0.25) is 37.3 Å². The molecule has 546 valence electrons. The van der Waals surface area contributed by atoms with Gasteiger partial charge in [0.1, 0.15) is 19.3 Å². The average Bonchev–Trinajstić information content (AvgIpc) is 1.61. The van der Waals surface area contributed by atoms with Gasteiger partial charge in [-0.2, -0.15) is 0 Å². The number of carbonyl (C=O) groups is 4. The van der Waals surface area contributed by atoms with E-state index in [1.165, 1.54) is 205 Å². The van der Waals surface area contributed by atoms with E-state index in [0.29, 0.717) is 25.7 Å². The van der Waals surface area contributed by atoms with Crippen LogP contribution in [0.4, 0.5) is 0 Å². The summed E-state index contributed by atoms with van der Waals surface area (Å²) in [6.45, 7) is 7.25. The molecule has 0 aliphatic heterocycles. The minimum atomic E-state index is -4.95. The van der Waals surface area contributed by atoms with E-state index in [1.54, 1.807) is 0 Å². The lowest BCUT2D eigenvalue weighted by atomic mass is 10.0. The second-order valence-corrected chi connectivity index (χ2v) is 29.7.